The Bertz CT molecular complexity index is 1130. The van der Waals surface area contributed by atoms with Gasteiger partial charge in [-0.05, 0) is 64.7 Å². The number of hydrogen-bond donors (Lipinski definition) is 3. The molecule has 0 radical (unpaired) electrons. The minimum absolute atomic E-state index is 0.0527. The molecule has 0 rings (SSSR count). The average Bonchev–Trinajstić information content (AvgIpc) is 3.21. The van der Waals surface area contributed by atoms with Gasteiger partial charge in [0.1, 0.15) is 13.2 Å². The van der Waals surface area contributed by atoms with E-state index < -0.39 is 20.0 Å². The van der Waals surface area contributed by atoms with E-state index in [1.807, 2.05) is 34.1 Å². The summed E-state index contributed by atoms with van der Waals surface area (Å²) in [7, 11) is 1.54. The number of phosphoric acid groups is 1. The number of rotatable bonds is 46. The molecule has 0 aliphatic rings. The van der Waals surface area contributed by atoms with Gasteiger partial charge in [0, 0.05) is 6.42 Å². The molecule has 358 valence electrons. The van der Waals surface area contributed by atoms with Crippen LogP contribution >= 0.6 is 7.82 Å². The Morgan fingerprint density at radius 2 is 0.967 bits per heavy atom. The first-order valence-electron chi connectivity index (χ1n) is 25.5. The normalized spacial score (nSPS) is 14.5. The van der Waals surface area contributed by atoms with Crippen molar-refractivity contribution < 1.29 is 32.9 Å². The maximum atomic E-state index is 12.9. The number of likely N-dealkylation sites (N-methyl/N-ethyl adjacent to an activating group) is 1. The Morgan fingerprint density at radius 3 is 1.41 bits per heavy atom. The highest BCUT2D eigenvalue weighted by molar-refractivity contribution is 7.47. The van der Waals surface area contributed by atoms with Crippen molar-refractivity contribution in [1.82, 2.24) is 5.32 Å². The first-order valence-corrected chi connectivity index (χ1v) is 27.0. The topological polar surface area (TPSA) is 105 Å². The Labute approximate surface area is 378 Å². The second-order valence-electron chi connectivity index (χ2n) is 18.5. The van der Waals surface area contributed by atoms with Crippen LogP contribution in [0.1, 0.15) is 226 Å². The van der Waals surface area contributed by atoms with Gasteiger partial charge in [-0.2, -0.15) is 0 Å². The van der Waals surface area contributed by atoms with Gasteiger partial charge >= 0.3 is 7.82 Å². The third kappa shape index (κ3) is 46.3. The molecular weight excluding hydrogens is 780 g/mol. The second kappa shape index (κ2) is 43.7. The summed E-state index contributed by atoms with van der Waals surface area (Å²) in [6.07, 6.45) is 56.8. The standard InChI is InChI=1S/C52H99N2O6P/c1-6-8-10-12-14-16-17-18-19-20-21-22-23-24-25-26-27-28-29-30-31-32-33-34-35-36-38-40-42-44-46-52(56)53-50(49-60-61(57,58)59-48-47-54(3,4)5)51(55)45-43-41-39-37-15-13-11-9-7-2/h7,9,15,24-25,37,43,45,50-51,55H,6,8,10-14,16-23,26-36,38-42,44,46-49H2,1-5H3,(H-,53,56,57,58)/p+1/b9-7+,25-24-,37-15+,45-43+. The Kier molecular flexibility index (Phi) is 42.6. The van der Waals surface area contributed by atoms with E-state index in [4.69, 9.17) is 9.05 Å². The summed E-state index contributed by atoms with van der Waals surface area (Å²) in [5.41, 5.74) is 0. The molecule has 9 heteroatoms. The maximum Gasteiger partial charge on any atom is 0.472 e. The number of carbonyl (C=O) groups excluding carboxylic acids is 1. The van der Waals surface area contributed by atoms with Crippen LogP contribution < -0.4 is 5.32 Å². The highest BCUT2D eigenvalue weighted by atomic mass is 31.2. The van der Waals surface area contributed by atoms with Crippen molar-refractivity contribution in [1.29, 1.82) is 0 Å². The molecule has 0 aliphatic heterocycles. The van der Waals surface area contributed by atoms with Crippen LogP contribution in [0.3, 0.4) is 0 Å². The summed E-state index contributed by atoms with van der Waals surface area (Å²) in [6, 6.07) is -0.867. The second-order valence-corrected chi connectivity index (χ2v) is 20.0. The first kappa shape index (κ1) is 59.5. The lowest BCUT2D eigenvalue weighted by Crippen LogP contribution is -2.45. The molecule has 3 unspecified atom stereocenters. The van der Waals surface area contributed by atoms with Crippen molar-refractivity contribution in [2.24, 2.45) is 0 Å². The van der Waals surface area contributed by atoms with Crippen LogP contribution in [0.2, 0.25) is 0 Å². The zero-order valence-electron chi connectivity index (χ0n) is 40.7. The molecule has 0 aromatic heterocycles. The van der Waals surface area contributed by atoms with E-state index in [1.54, 1.807) is 6.08 Å². The summed E-state index contributed by atoms with van der Waals surface area (Å²) >= 11 is 0. The zero-order valence-corrected chi connectivity index (χ0v) is 41.5. The monoisotopic (exact) mass is 880 g/mol. The average molecular weight is 880 g/mol. The molecule has 0 saturated carbocycles. The highest BCUT2D eigenvalue weighted by Crippen LogP contribution is 2.43. The molecule has 0 aromatic rings. The first-order chi connectivity index (χ1) is 29.5. The molecule has 3 atom stereocenters. The molecule has 0 spiro atoms. The van der Waals surface area contributed by atoms with Crippen molar-refractivity contribution in [2.75, 3.05) is 40.9 Å². The van der Waals surface area contributed by atoms with Crippen LogP contribution in [-0.4, -0.2) is 73.4 Å². The number of carbonyl (C=O) groups is 1. The van der Waals surface area contributed by atoms with Crippen molar-refractivity contribution in [3.63, 3.8) is 0 Å². The van der Waals surface area contributed by atoms with Crippen LogP contribution in [0.5, 0.6) is 0 Å². The number of amides is 1. The summed E-state index contributed by atoms with van der Waals surface area (Å²) in [4.78, 5) is 23.1. The maximum absolute atomic E-state index is 12.9. The molecule has 1 amide bonds. The molecule has 0 aliphatic carbocycles. The number of aliphatic hydroxyl groups is 1. The number of phosphoric ester groups is 1. The molecule has 0 fully saturated rings. The third-order valence-electron chi connectivity index (χ3n) is 11.3. The minimum atomic E-state index is -4.34. The van der Waals surface area contributed by atoms with Gasteiger partial charge in [-0.3, -0.25) is 13.8 Å². The van der Waals surface area contributed by atoms with E-state index in [2.05, 4.69) is 48.7 Å². The predicted octanol–water partition coefficient (Wildman–Crippen LogP) is 14.8. The van der Waals surface area contributed by atoms with Crippen molar-refractivity contribution in [2.45, 2.75) is 238 Å². The lowest BCUT2D eigenvalue weighted by molar-refractivity contribution is -0.870. The summed E-state index contributed by atoms with van der Waals surface area (Å²) in [5, 5.41) is 13.7. The van der Waals surface area contributed by atoms with Gasteiger partial charge in [-0.1, -0.05) is 203 Å². The number of allylic oxidation sites excluding steroid dienone is 7. The van der Waals surface area contributed by atoms with Crippen molar-refractivity contribution in [3.05, 3.63) is 48.6 Å². The van der Waals surface area contributed by atoms with E-state index in [0.717, 1.165) is 44.9 Å². The zero-order chi connectivity index (χ0) is 45.0. The smallest absolute Gasteiger partial charge is 0.387 e. The van der Waals surface area contributed by atoms with Crippen LogP contribution in [0, 0.1) is 0 Å². The predicted molar refractivity (Wildman–Crippen MR) is 263 cm³/mol. The fourth-order valence-electron chi connectivity index (χ4n) is 7.31. The Balaban J connectivity index is 4.00. The summed E-state index contributed by atoms with van der Waals surface area (Å²) in [5.74, 6) is -0.194. The molecule has 0 saturated heterocycles. The molecule has 0 heterocycles. The number of quaternary nitrogens is 1. The van der Waals surface area contributed by atoms with E-state index in [-0.39, 0.29) is 19.1 Å². The van der Waals surface area contributed by atoms with Gasteiger partial charge in [-0.15, -0.1) is 0 Å². The molecule has 3 N–H and O–H groups in total. The number of aliphatic hydroxyl groups excluding tert-OH is 1. The molecule has 61 heavy (non-hydrogen) atoms. The highest BCUT2D eigenvalue weighted by Gasteiger charge is 2.27. The lowest BCUT2D eigenvalue weighted by atomic mass is 10.0. The van der Waals surface area contributed by atoms with Gasteiger partial charge in [-0.25, -0.2) is 4.57 Å². The molecular formula is C52H100N2O6P+. The van der Waals surface area contributed by atoms with Crippen molar-refractivity contribution >= 4 is 13.7 Å². The third-order valence-corrected chi connectivity index (χ3v) is 12.3. The fraction of sp³-hybridized carbons (Fsp3) is 0.827. The Hall–Kier alpha value is -1.54. The fourth-order valence-corrected chi connectivity index (χ4v) is 8.05. The van der Waals surface area contributed by atoms with Gasteiger partial charge in [0.25, 0.3) is 0 Å². The molecule has 0 bridgehead atoms. The van der Waals surface area contributed by atoms with E-state index in [9.17, 15) is 19.4 Å². The number of nitrogens with zero attached hydrogens (tertiary/aromatic N) is 1. The van der Waals surface area contributed by atoms with Crippen LogP contribution in [0.15, 0.2) is 48.6 Å². The van der Waals surface area contributed by atoms with Crippen molar-refractivity contribution in [3.8, 4) is 0 Å². The van der Waals surface area contributed by atoms with Gasteiger partial charge in [0.05, 0.1) is 39.9 Å². The van der Waals surface area contributed by atoms with E-state index in [1.165, 1.54) is 161 Å². The van der Waals surface area contributed by atoms with Crippen LogP contribution in [0.4, 0.5) is 0 Å². The van der Waals surface area contributed by atoms with Gasteiger partial charge in [0.2, 0.25) is 5.91 Å². The van der Waals surface area contributed by atoms with Crippen LogP contribution in [0.25, 0.3) is 0 Å². The number of nitrogens with one attached hydrogen (secondary N) is 1. The SMILES string of the molecule is C/C=C/CC/C=C/CC/C=C/C(O)C(COP(=O)(O)OCC[N+](C)(C)C)NC(=O)CCCCCCCCCCCCCCCC/C=C\CCCCCCCCCCCCCC. The minimum Gasteiger partial charge on any atom is -0.387 e. The summed E-state index contributed by atoms with van der Waals surface area (Å²) < 4.78 is 23.5. The van der Waals surface area contributed by atoms with Crippen LogP contribution in [-0.2, 0) is 18.4 Å². The van der Waals surface area contributed by atoms with Gasteiger partial charge in [0.15, 0.2) is 0 Å². The van der Waals surface area contributed by atoms with Gasteiger partial charge < -0.3 is 19.8 Å². The number of hydrogen-bond acceptors (Lipinski definition) is 5. The molecule has 8 nitrogen and oxygen atoms in total. The van der Waals surface area contributed by atoms with E-state index in [0.29, 0.717) is 17.4 Å². The molecule has 0 aromatic carbocycles. The quantitative estimate of drug-likeness (QED) is 0.0243. The number of unbranched alkanes of at least 4 members (excludes halogenated alkanes) is 28. The summed E-state index contributed by atoms with van der Waals surface area (Å²) in [6.45, 7) is 4.56. The van der Waals surface area contributed by atoms with E-state index >= 15 is 0 Å². The lowest BCUT2D eigenvalue weighted by Gasteiger charge is -2.25. The largest absolute Gasteiger partial charge is 0.472 e. The Morgan fingerprint density at radius 1 is 0.574 bits per heavy atom.